The molecular weight excluding hydrogens is 351 g/mol. The molecule has 1 N–H and O–H groups in total. The number of nitrogens with one attached hydrogen (secondary N) is 1. The van der Waals surface area contributed by atoms with Crippen LogP contribution in [0, 0.1) is 5.82 Å². The first-order chi connectivity index (χ1) is 13.1. The van der Waals surface area contributed by atoms with Gasteiger partial charge in [-0.05, 0) is 37.3 Å². The Morgan fingerprint density at radius 1 is 1.19 bits per heavy atom. The third-order valence-electron chi connectivity index (χ3n) is 4.23. The highest BCUT2D eigenvalue weighted by Crippen LogP contribution is 2.17. The summed E-state index contributed by atoms with van der Waals surface area (Å²) in [7, 11) is 0. The summed E-state index contributed by atoms with van der Waals surface area (Å²) in [4.78, 5) is 31.9. The van der Waals surface area contributed by atoms with E-state index in [1.54, 1.807) is 30.2 Å². The molecule has 0 bridgehead atoms. The van der Waals surface area contributed by atoms with E-state index < -0.39 is 11.7 Å². The van der Waals surface area contributed by atoms with Crippen LogP contribution >= 0.6 is 0 Å². The van der Waals surface area contributed by atoms with Crippen molar-refractivity contribution in [3.63, 3.8) is 0 Å². The topological polar surface area (TPSA) is 74.8 Å². The lowest BCUT2D eigenvalue weighted by atomic mass is 10.2. The van der Waals surface area contributed by atoms with Gasteiger partial charge in [0.05, 0.1) is 18.5 Å². The van der Waals surface area contributed by atoms with Crippen LogP contribution in [0.25, 0.3) is 0 Å². The monoisotopic (exact) mass is 372 g/mol. The summed E-state index contributed by atoms with van der Waals surface area (Å²) in [5.74, 6) is -0.822. The van der Waals surface area contributed by atoms with Gasteiger partial charge in [0, 0.05) is 31.9 Å². The van der Waals surface area contributed by atoms with E-state index in [1.165, 1.54) is 18.2 Å². The van der Waals surface area contributed by atoms with Gasteiger partial charge in [-0.2, -0.15) is 0 Å². The lowest BCUT2D eigenvalue weighted by Gasteiger charge is -2.35. The Bertz CT molecular complexity index is 805. The molecule has 7 nitrogen and oxygen atoms in total. The Morgan fingerprint density at radius 2 is 1.96 bits per heavy atom. The Hall–Kier alpha value is -3.16. The first-order valence-corrected chi connectivity index (χ1v) is 8.76. The zero-order valence-corrected chi connectivity index (χ0v) is 15.0. The van der Waals surface area contributed by atoms with Gasteiger partial charge >= 0.3 is 6.09 Å². The molecule has 2 heterocycles. The minimum absolute atomic E-state index is 0.244. The molecule has 1 aliphatic rings. The molecule has 1 saturated heterocycles. The van der Waals surface area contributed by atoms with Crippen molar-refractivity contribution in [1.82, 2.24) is 9.88 Å². The number of carbonyl (C=O) groups is 2. The van der Waals surface area contributed by atoms with E-state index in [9.17, 15) is 14.0 Å². The summed E-state index contributed by atoms with van der Waals surface area (Å²) < 4.78 is 18.2. The molecule has 0 spiro atoms. The predicted molar refractivity (Wildman–Crippen MR) is 99.4 cm³/mol. The quantitative estimate of drug-likeness (QED) is 0.893. The fraction of sp³-hybridized carbons (Fsp3) is 0.316. The molecule has 0 unspecified atom stereocenters. The third-order valence-corrected chi connectivity index (χ3v) is 4.23. The van der Waals surface area contributed by atoms with Crippen molar-refractivity contribution in [3.05, 3.63) is 54.1 Å². The summed E-state index contributed by atoms with van der Waals surface area (Å²) in [6.07, 6.45) is 1.33. The minimum atomic E-state index is -0.418. The zero-order valence-electron chi connectivity index (χ0n) is 15.0. The predicted octanol–water partition coefficient (Wildman–Crippen LogP) is 2.75. The molecule has 142 valence electrons. The normalized spacial score (nSPS) is 14.0. The molecule has 1 aromatic carbocycles. The lowest BCUT2D eigenvalue weighted by Crippen LogP contribution is -2.49. The number of carbonyl (C=O) groups excluding carboxylic acids is 2. The van der Waals surface area contributed by atoms with Gasteiger partial charge in [-0.1, -0.05) is 6.07 Å². The number of ether oxygens (including phenoxy) is 1. The van der Waals surface area contributed by atoms with E-state index >= 15 is 0 Å². The number of amides is 2. The van der Waals surface area contributed by atoms with Gasteiger partial charge < -0.3 is 19.9 Å². The number of hydrogen-bond donors (Lipinski definition) is 1. The summed E-state index contributed by atoms with van der Waals surface area (Å²) in [6.45, 7) is 4.61. The lowest BCUT2D eigenvalue weighted by molar-refractivity contribution is 0.101. The smallest absolute Gasteiger partial charge is 0.409 e. The van der Waals surface area contributed by atoms with Crippen LogP contribution in [0.3, 0.4) is 0 Å². The zero-order chi connectivity index (χ0) is 19.2. The van der Waals surface area contributed by atoms with Crippen molar-refractivity contribution in [1.29, 1.82) is 0 Å². The highest BCUT2D eigenvalue weighted by molar-refractivity contribution is 6.02. The van der Waals surface area contributed by atoms with E-state index in [2.05, 4.69) is 15.2 Å². The molecule has 27 heavy (non-hydrogen) atoms. The Labute approximate surface area is 156 Å². The van der Waals surface area contributed by atoms with E-state index in [-0.39, 0.29) is 11.8 Å². The van der Waals surface area contributed by atoms with Crippen LogP contribution in [0.5, 0.6) is 0 Å². The largest absolute Gasteiger partial charge is 0.450 e. The van der Waals surface area contributed by atoms with Crippen LogP contribution in [0.2, 0.25) is 0 Å². The number of piperazine rings is 1. The molecule has 0 aliphatic carbocycles. The number of nitrogens with zero attached hydrogens (tertiary/aromatic N) is 3. The van der Waals surface area contributed by atoms with Gasteiger partial charge in [0.15, 0.2) is 0 Å². The van der Waals surface area contributed by atoms with Gasteiger partial charge in [-0.3, -0.25) is 4.79 Å². The van der Waals surface area contributed by atoms with Crippen LogP contribution in [0.1, 0.15) is 17.4 Å². The maximum Gasteiger partial charge on any atom is 0.409 e. The highest BCUT2D eigenvalue weighted by Gasteiger charge is 2.22. The number of rotatable bonds is 4. The molecule has 0 atom stereocenters. The van der Waals surface area contributed by atoms with Crippen LogP contribution < -0.4 is 10.2 Å². The molecule has 3 rings (SSSR count). The average Bonchev–Trinajstić information content (AvgIpc) is 2.68. The van der Waals surface area contributed by atoms with Crippen molar-refractivity contribution < 1.29 is 18.7 Å². The van der Waals surface area contributed by atoms with Crippen LogP contribution in [0.15, 0.2) is 42.6 Å². The second-order valence-electron chi connectivity index (χ2n) is 6.04. The first kappa shape index (κ1) is 18.6. The number of hydrogen-bond acceptors (Lipinski definition) is 5. The van der Waals surface area contributed by atoms with Crippen LogP contribution in [-0.2, 0) is 4.74 Å². The van der Waals surface area contributed by atoms with Crippen molar-refractivity contribution in [3.8, 4) is 0 Å². The van der Waals surface area contributed by atoms with E-state index in [0.717, 1.165) is 5.69 Å². The second kappa shape index (κ2) is 8.48. The molecule has 8 heteroatoms. The molecule has 0 saturated carbocycles. The number of aromatic nitrogens is 1. The van der Waals surface area contributed by atoms with Gasteiger partial charge in [-0.25, -0.2) is 14.2 Å². The summed E-state index contributed by atoms with van der Waals surface area (Å²) in [5, 5.41) is 2.62. The molecule has 2 aromatic rings. The Kier molecular flexibility index (Phi) is 5.85. The van der Waals surface area contributed by atoms with E-state index in [1.807, 2.05) is 6.07 Å². The van der Waals surface area contributed by atoms with Crippen molar-refractivity contribution in [2.75, 3.05) is 43.0 Å². The fourth-order valence-corrected chi connectivity index (χ4v) is 2.83. The van der Waals surface area contributed by atoms with Gasteiger partial charge in [0.2, 0.25) is 0 Å². The molecule has 0 radical (unpaired) electrons. The number of anilines is 2. The minimum Gasteiger partial charge on any atom is -0.450 e. The highest BCUT2D eigenvalue weighted by atomic mass is 19.1. The van der Waals surface area contributed by atoms with Crippen molar-refractivity contribution >= 4 is 23.4 Å². The summed E-state index contributed by atoms with van der Waals surface area (Å²) in [5.41, 5.74) is 1.50. The molecular formula is C19H21FN4O3. The number of pyridine rings is 1. The maximum atomic E-state index is 13.2. The molecule has 1 aromatic heterocycles. The standard InChI is InChI=1S/C19H21FN4O3/c1-2-27-19(26)24-10-8-23(9-11-24)16-6-7-17(21-13-16)18(25)22-15-5-3-4-14(20)12-15/h3-7,12-13H,2,8-11H2,1H3,(H,22,25). The third kappa shape index (κ3) is 4.72. The summed E-state index contributed by atoms with van der Waals surface area (Å²) in [6, 6.07) is 9.13. The van der Waals surface area contributed by atoms with Crippen molar-refractivity contribution in [2.24, 2.45) is 0 Å². The molecule has 1 aliphatic heterocycles. The van der Waals surface area contributed by atoms with Gasteiger partial charge in [0.25, 0.3) is 5.91 Å². The SMILES string of the molecule is CCOC(=O)N1CCN(c2ccc(C(=O)Nc3cccc(F)c3)nc2)CC1. The maximum absolute atomic E-state index is 13.2. The summed E-state index contributed by atoms with van der Waals surface area (Å²) >= 11 is 0. The Morgan fingerprint density at radius 3 is 2.59 bits per heavy atom. The fourth-order valence-electron chi connectivity index (χ4n) is 2.83. The average molecular weight is 372 g/mol. The number of halogens is 1. The first-order valence-electron chi connectivity index (χ1n) is 8.76. The van der Waals surface area contributed by atoms with Gasteiger partial charge in [0.1, 0.15) is 11.5 Å². The van der Waals surface area contributed by atoms with E-state index in [0.29, 0.717) is 38.5 Å². The number of benzene rings is 1. The molecule has 1 fully saturated rings. The van der Waals surface area contributed by atoms with Crippen LogP contribution in [0.4, 0.5) is 20.6 Å². The van der Waals surface area contributed by atoms with E-state index in [4.69, 9.17) is 4.74 Å². The second-order valence-corrected chi connectivity index (χ2v) is 6.04. The van der Waals surface area contributed by atoms with Gasteiger partial charge in [-0.15, -0.1) is 0 Å². The van der Waals surface area contributed by atoms with Crippen molar-refractivity contribution in [2.45, 2.75) is 6.92 Å². The Balaban J connectivity index is 1.57. The molecule has 2 amide bonds. The van der Waals surface area contributed by atoms with Crippen LogP contribution in [-0.4, -0.2) is 54.7 Å².